The van der Waals surface area contributed by atoms with Gasteiger partial charge in [0.05, 0.1) is 0 Å². The third kappa shape index (κ3) is 4.13. The topological polar surface area (TPSA) is 60.9 Å². The molecule has 2 fully saturated rings. The smallest absolute Gasteiger partial charge is 0.346 e. The van der Waals surface area contributed by atoms with E-state index in [1.807, 2.05) is 35.2 Å². The highest BCUT2D eigenvalue weighted by atomic mass is 32.1. The molecule has 5 nitrogen and oxygen atoms in total. The van der Waals surface area contributed by atoms with Gasteiger partial charge in [-0.1, -0.05) is 30.2 Å². The lowest BCUT2D eigenvalue weighted by Crippen LogP contribution is -2.48. The summed E-state index contributed by atoms with van der Waals surface area (Å²) >= 11 is 1.35. The minimum absolute atomic E-state index is 0.142. The Kier molecular flexibility index (Phi) is 5.78. The average molecular weight is 399 g/mol. The van der Waals surface area contributed by atoms with Crippen LogP contribution in [0.5, 0.6) is 0 Å². The fourth-order valence-corrected chi connectivity index (χ4v) is 5.25. The number of fused-ring (bicyclic) bond motifs is 1. The predicted octanol–water partition coefficient (Wildman–Crippen LogP) is 4.13. The van der Waals surface area contributed by atoms with Gasteiger partial charge in [-0.2, -0.15) is 0 Å². The van der Waals surface area contributed by atoms with Crippen LogP contribution in [0.15, 0.2) is 35.9 Å². The van der Waals surface area contributed by atoms with Gasteiger partial charge in [0.2, 0.25) is 5.91 Å². The molecule has 2 aliphatic rings. The van der Waals surface area contributed by atoms with Crippen molar-refractivity contribution in [1.29, 1.82) is 0 Å². The van der Waals surface area contributed by atoms with Gasteiger partial charge in [0.25, 0.3) is 0 Å². The summed E-state index contributed by atoms with van der Waals surface area (Å²) in [6.45, 7) is 3.57. The van der Waals surface area contributed by atoms with E-state index in [1.165, 1.54) is 36.2 Å². The maximum Gasteiger partial charge on any atom is 0.346 e. The maximum absolute atomic E-state index is 12.6. The van der Waals surface area contributed by atoms with Crippen LogP contribution < -0.4 is 0 Å². The number of nitrogens with zero attached hydrogens (tertiary/aromatic N) is 2. The van der Waals surface area contributed by atoms with Crippen molar-refractivity contribution in [2.75, 3.05) is 26.2 Å². The number of amides is 1. The number of aromatic carboxylic acids is 1. The molecule has 2 aromatic rings. The van der Waals surface area contributed by atoms with E-state index in [1.54, 1.807) is 0 Å². The molecular weight excluding hydrogens is 372 g/mol. The number of hydrogen-bond acceptors (Lipinski definition) is 4. The second kappa shape index (κ2) is 8.45. The third-order valence-electron chi connectivity index (χ3n) is 5.78. The van der Waals surface area contributed by atoms with E-state index < -0.39 is 5.97 Å². The van der Waals surface area contributed by atoms with Crippen molar-refractivity contribution >= 4 is 33.3 Å². The first-order chi connectivity index (χ1) is 13.6. The highest BCUT2D eigenvalue weighted by Gasteiger charge is 2.24. The molecule has 0 spiro atoms. The number of piperazine rings is 1. The molecule has 6 heteroatoms. The summed E-state index contributed by atoms with van der Waals surface area (Å²) in [5.74, 6) is -0.715. The first-order valence-electron chi connectivity index (χ1n) is 10.1. The summed E-state index contributed by atoms with van der Waals surface area (Å²) in [6, 6.07) is 7.88. The van der Waals surface area contributed by atoms with Crippen LogP contribution in [0.2, 0.25) is 0 Å². The van der Waals surface area contributed by atoms with Gasteiger partial charge in [0.1, 0.15) is 4.88 Å². The van der Waals surface area contributed by atoms with Gasteiger partial charge in [-0.15, -0.1) is 11.3 Å². The molecule has 2 heterocycles. The zero-order valence-electron chi connectivity index (χ0n) is 16.0. The Morgan fingerprint density at radius 1 is 1.04 bits per heavy atom. The molecule has 1 amide bonds. The van der Waals surface area contributed by atoms with E-state index in [0.29, 0.717) is 24.5 Å². The van der Waals surface area contributed by atoms with Crippen LogP contribution in [-0.4, -0.2) is 53.0 Å². The van der Waals surface area contributed by atoms with Gasteiger partial charge >= 0.3 is 5.97 Å². The molecular formula is C22H26N2O3S. The molecule has 28 heavy (non-hydrogen) atoms. The molecule has 1 aromatic carbocycles. The minimum Gasteiger partial charge on any atom is -0.477 e. The molecule has 1 saturated heterocycles. The quantitative estimate of drug-likeness (QED) is 0.787. The molecule has 1 aliphatic heterocycles. The highest BCUT2D eigenvalue weighted by molar-refractivity contribution is 7.21. The molecule has 0 unspecified atom stereocenters. The van der Waals surface area contributed by atoms with Crippen molar-refractivity contribution in [3.63, 3.8) is 0 Å². The Morgan fingerprint density at radius 2 is 1.75 bits per heavy atom. The summed E-state index contributed by atoms with van der Waals surface area (Å²) in [5, 5.41) is 10.6. The van der Waals surface area contributed by atoms with E-state index in [4.69, 9.17) is 0 Å². The van der Waals surface area contributed by atoms with Crippen LogP contribution in [0.4, 0.5) is 0 Å². The second-order valence-corrected chi connectivity index (χ2v) is 8.73. The van der Waals surface area contributed by atoms with Crippen LogP contribution in [0.3, 0.4) is 0 Å². The number of rotatable bonds is 4. The molecule has 0 atom stereocenters. The summed E-state index contributed by atoms with van der Waals surface area (Å²) < 4.78 is 1.02. The number of carboxylic acid groups (broad SMARTS) is 1. The Bertz CT molecular complexity index is 902. The van der Waals surface area contributed by atoms with Crippen molar-refractivity contribution in [1.82, 2.24) is 9.80 Å². The number of benzene rings is 1. The summed E-state index contributed by atoms with van der Waals surface area (Å²) in [4.78, 5) is 28.9. The molecule has 0 radical (unpaired) electrons. The number of hydrogen-bond donors (Lipinski definition) is 1. The lowest BCUT2D eigenvalue weighted by atomic mass is 9.94. The van der Waals surface area contributed by atoms with Gasteiger partial charge in [0.15, 0.2) is 0 Å². The minimum atomic E-state index is -0.857. The van der Waals surface area contributed by atoms with Crippen molar-refractivity contribution < 1.29 is 14.7 Å². The van der Waals surface area contributed by atoms with Crippen LogP contribution in [-0.2, 0) is 11.3 Å². The summed E-state index contributed by atoms with van der Waals surface area (Å²) in [5.41, 5.74) is 2.20. The van der Waals surface area contributed by atoms with Gasteiger partial charge in [-0.3, -0.25) is 9.69 Å². The van der Waals surface area contributed by atoms with E-state index in [2.05, 4.69) is 4.90 Å². The zero-order valence-corrected chi connectivity index (χ0v) is 16.8. The molecule has 0 bridgehead atoms. The Balaban J connectivity index is 1.41. The number of carbonyl (C=O) groups excluding carboxylic acids is 1. The lowest BCUT2D eigenvalue weighted by molar-refractivity contribution is -0.127. The zero-order chi connectivity index (χ0) is 19.5. The van der Waals surface area contributed by atoms with Gasteiger partial charge in [-0.05, 0) is 42.7 Å². The average Bonchev–Trinajstić information content (AvgIpc) is 3.08. The number of allylic oxidation sites excluding steroid dienone is 1. The monoisotopic (exact) mass is 398 g/mol. The van der Waals surface area contributed by atoms with E-state index in [-0.39, 0.29) is 5.91 Å². The number of carbonyl (C=O) groups is 2. The largest absolute Gasteiger partial charge is 0.477 e. The maximum atomic E-state index is 12.6. The Labute approximate surface area is 169 Å². The predicted molar refractivity (Wildman–Crippen MR) is 112 cm³/mol. The van der Waals surface area contributed by atoms with E-state index in [9.17, 15) is 14.7 Å². The Morgan fingerprint density at radius 3 is 2.46 bits per heavy atom. The fourth-order valence-electron chi connectivity index (χ4n) is 4.19. The second-order valence-electron chi connectivity index (χ2n) is 7.68. The van der Waals surface area contributed by atoms with Gasteiger partial charge in [-0.25, -0.2) is 4.79 Å². The van der Waals surface area contributed by atoms with Gasteiger partial charge in [0, 0.05) is 43.5 Å². The molecule has 1 aromatic heterocycles. The van der Waals surface area contributed by atoms with Crippen LogP contribution >= 0.6 is 11.3 Å². The SMILES string of the molecule is O=C(O)c1sc2ccccc2c1CN1CCN(C(=O)C=C2CCCCC2)CC1. The fraction of sp³-hybridized carbons (Fsp3) is 0.455. The standard InChI is InChI=1S/C22H26N2O3S/c25-20(14-16-6-2-1-3-7-16)24-12-10-23(11-13-24)15-18-17-8-4-5-9-19(17)28-21(18)22(26)27/h4-5,8-9,14H,1-3,6-7,10-13,15H2,(H,26,27). The van der Waals surface area contributed by atoms with Crippen molar-refractivity contribution in [2.24, 2.45) is 0 Å². The van der Waals surface area contributed by atoms with Crippen molar-refractivity contribution in [3.8, 4) is 0 Å². The highest BCUT2D eigenvalue weighted by Crippen LogP contribution is 2.32. The normalized spacial score (nSPS) is 18.4. The number of thiophene rings is 1. The molecule has 1 N–H and O–H groups in total. The molecule has 1 saturated carbocycles. The van der Waals surface area contributed by atoms with Crippen LogP contribution in [0.1, 0.15) is 47.3 Å². The lowest BCUT2D eigenvalue weighted by Gasteiger charge is -2.34. The van der Waals surface area contributed by atoms with Crippen LogP contribution in [0, 0.1) is 0 Å². The van der Waals surface area contributed by atoms with E-state index >= 15 is 0 Å². The number of carboxylic acids is 1. The summed E-state index contributed by atoms with van der Waals surface area (Å²) in [7, 11) is 0. The first kappa shape index (κ1) is 19.2. The molecule has 4 rings (SSSR count). The molecule has 1 aliphatic carbocycles. The van der Waals surface area contributed by atoms with E-state index in [0.717, 1.165) is 41.6 Å². The Hall–Kier alpha value is -2.18. The summed E-state index contributed by atoms with van der Waals surface area (Å²) in [6.07, 6.45) is 7.67. The van der Waals surface area contributed by atoms with Gasteiger partial charge < -0.3 is 10.0 Å². The first-order valence-corrected chi connectivity index (χ1v) is 10.9. The van der Waals surface area contributed by atoms with Crippen LogP contribution in [0.25, 0.3) is 10.1 Å². The third-order valence-corrected chi connectivity index (χ3v) is 6.98. The van der Waals surface area contributed by atoms with Crippen molar-refractivity contribution in [3.05, 3.63) is 46.4 Å². The molecule has 148 valence electrons. The van der Waals surface area contributed by atoms with Crippen molar-refractivity contribution in [2.45, 2.75) is 38.6 Å².